The Morgan fingerprint density at radius 3 is 2.68 bits per heavy atom. The van der Waals surface area contributed by atoms with E-state index in [9.17, 15) is 0 Å². The second kappa shape index (κ2) is 11.6. The van der Waals surface area contributed by atoms with Crippen molar-refractivity contribution in [3.05, 3.63) is 35.9 Å². The summed E-state index contributed by atoms with van der Waals surface area (Å²) in [6, 6.07) is 10.3. The molecule has 1 unspecified atom stereocenters. The quantitative estimate of drug-likeness (QED) is 0.413. The van der Waals surface area contributed by atoms with Gasteiger partial charge < -0.3 is 9.57 Å². The number of ether oxygens (including phenoxy) is 1. The van der Waals surface area contributed by atoms with Gasteiger partial charge in [0.25, 0.3) is 0 Å². The number of oxime groups is 1. The summed E-state index contributed by atoms with van der Waals surface area (Å²) in [5.74, 6) is 2.22. The van der Waals surface area contributed by atoms with Crippen molar-refractivity contribution in [3.63, 3.8) is 0 Å². The Labute approximate surface area is 157 Å². The van der Waals surface area contributed by atoms with E-state index in [1.54, 1.807) is 0 Å². The van der Waals surface area contributed by atoms with Gasteiger partial charge in [-0.3, -0.25) is 0 Å². The Morgan fingerprint density at radius 1 is 1.12 bits per heavy atom. The van der Waals surface area contributed by atoms with Gasteiger partial charge in [-0.15, -0.1) is 0 Å². The van der Waals surface area contributed by atoms with Crippen LogP contribution in [-0.2, 0) is 16.2 Å². The van der Waals surface area contributed by atoms with Crippen LogP contribution in [0.15, 0.2) is 35.5 Å². The van der Waals surface area contributed by atoms with Crippen LogP contribution in [0.5, 0.6) is 0 Å². The summed E-state index contributed by atoms with van der Waals surface area (Å²) in [5, 5.41) is 4.29. The van der Waals surface area contributed by atoms with Gasteiger partial charge in [-0.1, -0.05) is 74.5 Å². The highest BCUT2D eigenvalue weighted by Gasteiger charge is 2.34. The molecular weight excluding hydrogens is 330 g/mol. The van der Waals surface area contributed by atoms with E-state index in [1.807, 2.05) is 30.0 Å². The number of thioether (sulfide) groups is 1. The SMILES string of the molecule is CCCCCCCCSCC1=NOC(C)(COCc2ccccc2)C1. The summed E-state index contributed by atoms with van der Waals surface area (Å²) >= 11 is 1.98. The molecule has 2 rings (SSSR count). The van der Waals surface area contributed by atoms with Gasteiger partial charge in [0, 0.05) is 12.2 Å². The van der Waals surface area contributed by atoms with Gasteiger partial charge in [-0.05, 0) is 24.7 Å². The number of hydrogen-bond acceptors (Lipinski definition) is 4. The molecule has 0 aromatic heterocycles. The highest BCUT2D eigenvalue weighted by Crippen LogP contribution is 2.26. The molecule has 0 fully saturated rings. The van der Waals surface area contributed by atoms with Crippen molar-refractivity contribution in [1.82, 2.24) is 0 Å². The lowest BCUT2D eigenvalue weighted by Gasteiger charge is -2.21. The monoisotopic (exact) mass is 363 g/mol. The van der Waals surface area contributed by atoms with Gasteiger partial charge in [0.15, 0.2) is 5.60 Å². The fourth-order valence-electron chi connectivity index (χ4n) is 2.96. The van der Waals surface area contributed by atoms with Crippen LogP contribution in [0, 0.1) is 0 Å². The largest absolute Gasteiger partial charge is 0.387 e. The minimum atomic E-state index is -0.301. The van der Waals surface area contributed by atoms with Crippen LogP contribution in [0.4, 0.5) is 0 Å². The van der Waals surface area contributed by atoms with Crippen LogP contribution in [0.2, 0.25) is 0 Å². The number of rotatable bonds is 13. The summed E-state index contributed by atoms with van der Waals surface area (Å²) in [4.78, 5) is 5.66. The fourth-order valence-corrected chi connectivity index (χ4v) is 3.90. The maximum absolute atomic E-state index is 5.84. The first-order valence-corrected chi connectivity index (χ1v) is 10.8. The fraction of sp³-hybridized carbons (Fsp3) is 0.667. The molecule has 0 N–H and O–H groups in total. The number of hydrogen-bond donors (Lipinski definition) is 0. The summed E-state index contributed by atoms with van der Waals surface area (Å²) in [6.45, 7) is 5.56. The van der Waals surface area contributed by atoms with Crippen molar-refractivity contribution in [1.29, 1.82) is 0 Å². The minimum Gasteiger partial charge on any atom is -0.387 e. The highest BCUT2D eigenvalue weighted by molar-refractivity contribution is 7.99. The second-order valence-electron chi connectivity index (χ2n) is 7.17. The van der Waals surface area contributed by atoms with Crippen LogP contribution in [0.1, 0.15) is 64.4 Å². The Balaban J connectivity index is 1.52. The third-order valence-electron chi connectivity index (χ3n) is 4.40. The van der Waals surface area contributed by atoms with E-state index in [2.05, 4.69) is 31.1 Å². The molecule has 1 atom stereocenters. The predicted octanol–water partition coefficient (Wildman–Crippen LogP) is 5.83. The van der Waals surface area contributed by atoms with Gasteiger partial charge in [0.1, 0.15) is 0 Å². The van der Waals surface area contributed by atoms with Crippen molar-refractivity contribution in [2.45, 2.75) is 71.0 Å². The van der Waals surface area contributed by atoms with Crippen molar-refractivity contribution < 1.29 is 9.57 Å². The molecule has 0 spiro atoms. The molecule has 1 aromatic rings. The van der Waals surface area contributed by atoms with E-state index >= 15 is 0 Å². The van der Waals surface area contributed by atoms with E-state index in [-0.39, 0.29) is 5.60 Å². The standard InChI is InChI=1S/C21H33NO2S/c1-3-4-5-6-7-11-14-25-17-20-15-21(2,24-22-20)18-23-16-19-12-9-8-10-13-19/h8-10,12-13H,3-7,11,14-18H2,1-2H3. The molecule has 1 heterocycles. The summed E-state index contributed by atoms with van der Waals surface area (Å²) in [5.41, 5.74) is 2.06. The zero-order chi connectivity index (χ0) is 17.8. The molecule has 1 aliphatic heterocycles. The zero-order valence-electron chi connectivity index (χ0n) is 15.8. The lowest BCUT2D eigenvalue weighted by Crippen LogP contribution is -2.31. The maximum atomic E-state index is 5.84. The smallest absolute Gasteiger partial charge is 0.163 e. The van der Waals surface area contributed by atoms with Crippen LogP contribution in [0.3, 0.4) is 0 Å². The van der Waals surface area contributed by atoms with E-state index in [0.717, 1.165) is 12.2 Å². The summed E-state index contributed by atoms with van der Waals surface area (Å²) < 4.78 is 5.84. The molecule has 0 amide bonds. The molecule has 4 heteroatoms. The van der Waals surface area contributed by atoms with Crippen LogP contribution < -0.4 is 0 Å². The minimum absolute atomic E-state index is 0.301. The zero-order valence-corrected chi connectivity index (χ0v) is 16.7. The lowest BCUT2D eigenvalue weighted by molar-refractivity contribution is -0.0709. The number of nitrogens with zero attached hydrogens (tertiary/aromatic N) is 1. The third-order valence-corrected chi connectivity index (χ3v) is 5.52. The van der Waals surface area contributed by atoms with Crippen LogP contribution >= 0.6 is 11.8 Å². The molecule has 0 radical (unpaired) electrons. The normalized spacial score (nSPS) is 19.7. The molecule has 1 aliphatic rings. The average Bonchev–Trinajstić information content (AvgIpc) is 2.99. The van der Waals surface area contributed by atoms with Crippen molar-refractivity contribution >= 4 is 17.5 Å². The molecule has 25 heavy (non-hydrogen) atoms. The van der Waals surface area contributed by atoms with Gasteiger partial charge in [0.2, 0.25) is 0 Å². The topological polar surface area (TPSA) is 30.8 Å². The highest BCUT2D eigenvalue weighted by atomic mass is 32.2. The summed E-state index contributed by atoms with van der Waals surface area (Å²) in [6.07, 6.45) is 9.04. The first-order valence-electron chi connectivity index (χ1n) is 9.65. The van der Waals surface area contributed by atoms with Gasteiger partial charge in [-0.25, -0.2) is 0 Å². The average molecular weight is 364 g/mol. The molecule has 0 aliphatic carbocycles. The van der Waals surface area contributed by atoms with E-state index in [1.165, 1.54) is 55.6 Å². The van der Waals surface area contributed by atoms with E-state index in [0.29, 0.717) is 13.2 Å². The van der Waals surface area contributed by atoms with Gasteiger partial charge in [-0.2, -0.15) is 11.8 Å². The lowest BCUT2D eigenvalue weighted by atomic mass is 10.0. The Kier molecular flexibility index (Phi) is 9.41. The van der Waals surface area contributed by atoms with Crippen molar-refractivity contribution in [3.8, 4) is 0 Å². The first-order chi connectivity index (χ1) is 12.2. The summed E-state index contributed by atoms with van der Waals surface area (Å²) in [7, 11) is 0. The van der Waals surface area contributed by atoms with E-state index < -0.39 is 0 Å². The van der Waals surface area contributed by atoms with E-state index in [4.69, 9.17) is 9.57 Å². The molecule has 0 bridgehead atoms. The van der Waals surface area contributed by atoms with Gasteiger partial charge in [0.05, 0.1) is 18.9 Å². The second-order valence-corrected chi connectivity index (χ2v) is 8.28. The molecule has 0 saturated heterocycles. The van der Waals surface area contributed by atoms with Crippen LogP contribution in [0.25, 0.3) is 0 Å². The Morgan fingerprint density at radius 2 is 1.88 bits per heavy atom. The predicted molar refractivity (Wildman–Crippen MR) is 108 cm³/mol. The number of benzene rings is 1. The molecule has 1 aromatic carbocycles. The van der Waals surface area contributed by atoms with Gasteiger partial charge >= 0.3 is 0 Å². The molecule has 3 nitrogen and oxygen atoms in total. The Hall–Kier alpha value is -1.00. The number of unbranched alkanes of at least 4 members (excludes halogenated alkanes) is 5. The van der Waals surface area contributed by atoms with Crippen LogP contribution in [-0.4, -0.2) is 29.4 Å². The van der Waals surface area contributed by atoms with Crippen molar-refractivity contribution in [2.24, 2.45) is 5.16 Å². The Bertz CT molecular complexity index is 506. The molecule has 0 saturated carbocycles. The first kappa shape index (κ1) is 20.3. The third kappa shape index (κ3) is 8.28. The molecule has 140 valence electrons. The maximum Gasteiger partial charge on any atom is 0.163 e. The van der Waals surface area contributed by atoms with Crippen molar-refractivity contribution in [2.75, 3.05) is 18.1 Å². The molecular formula is C21H33NO2S.